The molecule has 0 fully saturated rings. The highest BCUT2D eigenvalue weighted by molar-refractivity contribution is 9.10. The highest BCUT2D eigenvalue weighted by Crippen LogP contribution is 2.16. The molecule has 1 heterocycles. The Bertz CT molecular complexity index is 388. The number of nitrogens with two attached hydrogens (primary N) is 1. The van der Waals surface area contributed by atoms with Gasteiger partial charge in [-0.3, -0.25) is 4.79 Å². The van der Waals surface area contributed by atoms with Gasteiger partial charge in [0.15, 0.2) is 0 Å². The highest BCUT2D eigenvalue weighted by Gasteiger charge is 2.09. The summed E-state index contributed by atoms with van der Waals surface area (Å²) in [4.78, 5) is 11.8. The predicted octanol–water partition coefficient (Wildman–Crippen LogP) is 0.957. The van der Waals surface area contributed by atoms with Gasteiger partial charge in [0.1, 0.15) is 4.47 Å². The molecule has 0 aliphatic carbocycles. The van der Waals surface area contributed by atoms with Gasteiger partial charge in [-0.1, -0.05) is 0 Å². The van der Waals surface area contributed by atoms with E-state index in [-0.39, 0.29) is 11.6 Å². The van der Waals surface area contributed by atoms with E-state index in [9.17, 15) is 4.79 Å². The molecule has 0 amide bonds. The average molecular weight is 275 g/mol. The van der Waals surface area contributed by atoms with Crippen molar-refractivity contribution in [3.8, 4) is 0 Å². The lowest BCUT2D eigenvalue weighted by Crippen LogP contribution is -2.26. The molecule has 0 saturated carbocycles. The second-order valence-electron chi connectivity index (χ2n) is 3.43. The fourth-order valence-corrected chi connectivity index (χ4v) is 1.57. The van der Waals surface area contributed by atoms with Gasteiger partial charge >= 0.3 is 0 Å². The summed E-state index contributed by atoms with van der Waals surface area (Å²) < 4.78 is 1.93. The van der Waals surface area contributed by atoms with E-state index in [1.54, 1.807) is 6.20 Å². The normalized spacial score (nSPS) is 10.7. The topological polar surface area (TPSA) is 72.9 Å². The molecule has 6 heteroatoms. The number of rotatable bonds is 4. The van der Waals surface area contributed by atoms with Crippen molar-refractivity contribution in [2.75, 3.05) is 18.4 Å². The monoisotopic (exact) mass is 274 g/mol. The summed E-state index contributed by atoms with van der Waals surface area (Å²) >= 11 is 3.25. The van der Waals surface area contributed by atoms with Crippen LogP contribution in [0.5, 0.6) is 0 Å². The van der Waals surface area contributed by atoms with Crippen molar-refractivity contribution in [1.82, 2.24) is 9.78 Å². The molecule has 1 aromatic heterocycles. The number of hydrogen-bond donors (Lipinski definition) is 2. The Labute approximate surface area is 96.8 Å². The molecule has 0 aliphatic heterocycles. The molecule has 0 radical (unpaired) electrons. The van der Waals surface area contributed by atoms with Crippen molar-refractivity contribution in [3.05, 3.63) is 21.0 Å². The molecule has 0 aliphatic rings. The van der Waals surface area contributed by atoms with Crippen molar-refractivity contribution in [1.29, 1.82) is 0 Å². The van der Waals surface area contributed by atoms with Gasteiger partial charge in [-0.2, -0.15) is 5.10 Å². The summed E-state index contributed by atoms with van der Waals surface area (Å²) in [6.45, 7) is 4.95. The minimum atomic E-state index is -0.132. The molecule has 0 bridgehead atoms. The standard InChI is InChI=1S/C9H15BrN4O/c1-6(2)14-9(15)8(10)7(5-13-14)12-4-3-11/h5-6,12H,3-4,11H2,1-2H3. The van der Waals surface area contributed by atoms with Gasteiger partial charge in [0.05, 0.1) is 17.9 Å². The molecule has 1 aromatic rings. The summed E-state index contributed by atoms with van der Waals surface area (Å²) in [7, 11) is 0. The minimum absolute atomic E-state index is 0.0531. The summed E-state index contributed by atoms with van der Waals surface area (Å²) in [5.41, 5.74) is 5.91. The Morgan fingerprint density at radius 2 is 2.33 bits per heavy atom. The van der Waals surface area contributed by atoms with Crippen molar-refractivity contribution in [2.24, 2.45) is 5.73 Å². The third-order valence-electron chi connectivity index (χ3n) is 1.89. The number of halogens is 1. The van der Waals surface area contributed by atoms with E-state index in [2.05, 4.69) is 26.3 Å². The van der Waals surface area contributed by atoms with E-state index in [1.807, 2.05) is 13.8 Å². The average Bonchev–Trinajstić information content (AvgIpc) is 2.20. The van der Waals surface area contributed by atoms with Crippen LogP contribution < -0.4 is 16.6 Å². The third-order valence-corrected chi connectivity index (χ3v) is 2.66. The van der Waals surface area contributed by atoms with Crippen LogP contribution in [0.15, 0.2) is 15.5 Å². The Morgan fingerprint density at radius 1 is 1.67 bits per heavy atom. The van der Waals surface area contributed by atoms with Gasteiger partial charge in [-0.15, -0.1) is 0 Å². The van der Waals surface area contributed by atoms with Crippen LogP contribution in [0.25, 0.3) is 0 Å². The quantitative estimate of drug-likeness (QED) is 0.858. The first kappa shape index (κ1) is 12.2. The van der Waals surface area contributed by atoms with E-state index >= 15 is 0 Å². The van der Waals surface area contributed by atoms with Crippen molar-refractivity contribution >= 4 is 21.6 Å². The molecule has 0 aromatic carbocycles. The largest absolute Gasteiger partial charge is 0.381 e. The number of nitrogens with one attached hydrogen (secondary N) is 1. The van der Waals surface area contributed by atoms with Crippen LogP contribution in [0, 0.1) is 0 Å². The smallest absolute Gasteiger partial charge is 0.283 e. The fraction of sp³-hybridized carbons (Fsp3) is 0.556. The second-order valence-corrected chi connectivity index (χ2v) is 4.22. The first-order chi connectivity index (χ1) is 7.07. The van der Waals surface area contributed by atoms with E-state index in [4.69, 9.17) is 5.73 Å². The maximum Gasteiger partial charge on any atom is 0.283 e. The Kier molecular flexibility index (Phi) is 4.28. The number of nitrogens with zero attached hydrogens (tertiary/aromatic N) is 2. The summed E-state index contributed by atoms with van der Waals surface area (Å²) in [5, 5.41) is 7.08. The molecule has 15 heavy (non-hydrogen) atoms. The summed E-state index contributed by atoms with van der Waals surface area (Å²) in [5.74, 6) is 0. The van der Waals surface area contributed by atoms with Gasteiger partial charge in [-0.05, 0) is 29.8 Å². The maximum atomic E-state index is 11.8. The maximum absolute atomic E-state index is 11.8. The Morgan fingerprint density at radius 3 is 2.87 bits per heavy atom. The molecule has 0 saturated heterocycles. The van der Waals surface area contributed by atoms with Gasteiger partial charge < -0.3 is 11.1 Å². The summed E-state index contributed by atoms with van der Waals surface area (Å²) in [6.07, 6.45) is 1.63. The van der Waals surface area contributed by atoms with Crippen LogP contribution >= 0.6 is 15.9 Å². The first-order valence-electron chi connectivity index (χ1n) is 4.79. The molecule has 5 nitrogen and oxygen atoms in total. The Balaban J connectivity index is 3.05. The molecule has 0 atom stereocenters. The predicted molar refractivity (Wildman–Crippen MR) is 64.1 cm³/mol. The van der Waals surface area contributed by atoms with Gasteiger partial charge in [-0.25, -0.2) is 4.68 Å². The molecule has 3 N–H and O–H groups in total. The van der Waals surface area contributed by atoms with Gasteiger partial charge in [0, 0.05) is 13.1 Å². The zero-order valence-corrected chi connectivity index (χ0v) is 10.4. The van der Waals surface area contributed by atoms with Crippen LogP contribution in [-0.2, 0) is 0 Å². The lowest BCUT2D eigenvalue weighted by molar-refractivity contribution is 0.501. The van der Waals surface area contributed by atoms with Gasteiger partial charge in [0.2, 0.25) is 0 Å². The molecular formula is C9H15BrN4O. The van der Waals surface area contributed by atoms with E-state index in [0.29, 0.717) is 23.2 Å². The number of hydrogen-bond acceptors (Lipinski definition) is 4. The second kappa shape index (κ2) is 5.27. The first-order valence-corrected chi connectivity index (χ1v) is 5.58. The zero-order chi connectivity index (χ0) is 11.4. The van der Waals surface area contributed by atoms with Crippen LogP contribution in [0.1, 0.15) is 19.9 Å². The number of anilines is 1. The third kappa shape index (κ3) is 2.79. The molecule has 84 valence electrons. The zero-order valence-electron chi connectivity index (χ0n) is 8.83. The van der Waals surface area contributed by atoms with E-state index in [0.717, 1.165) is 0 Å². The Hall–Kier alpha value is -0.880. The van der Waals surface area contributed by atoms with Crippen LogP contribution in [-0.4, -0.2) is 22.9 Å². The number of aromatic nitrogens is 2. The molecule has 0 spiro atoms. The SMILES string of the molecule is CC(C)n1ncc(NCCN)c(Br)c1=O. The van der Waals surface area contributed by atoms with Crippen molar-refractivity contribution in [2.45, 2.75) is 19.9 Å². The van der Waals surface area contributed by atoms with Crippen LogP contribution in [0.3, 0.4) is 0 Å². The lowest BCUT2D eigenvalue weighted by atomic mass is 10.4. The van der Waals surface area contributed by atoms with Crippen LogP contribution in [0.2, 0.25) is 0 Å². The highest BCUT2D eigenvalue weighted by atomic mass is 79.9. The van der Waals surface area contributed by atoms with Crippen molar-refractivity contribution < 1.29 is 0 Å². The minimum Gasteiger partial charge on any atom is -0.381 e. The summed E-state index contributed by atoms with van der Waals surface area (Å²) in [6, 6.07) is 0.0531. The van der Waals surface area contributed by atoms with Crippen molar-refractivity contribution in [3.63, 3.8) is 0 Å². The lowest BCUT2D eigenvalue weighted by Gasteiger charge is -2.11. The molecule has 0 unspecified atom stereocenters. The molecule has 1 rings (SSSR count). The van der Waals surface area contributed by atoms with E-state index in [1.165, 1.54) is 4.68 Å². The van der Waals surface area contributed by atoms with Gasteiger partial charge in [0.25, 0.3) is 5.56 Å². The van der Waals surface area contributed by atoms with Crippen LogP contribution in [0.4, 0.5) is 5.69 Å². The van der Waals surface area contributed by atoms with E-state index < -0.39 is 0 Å². The fourth-order valence-electron chi connectivity index (χ4n) is 1.14. The molecular weight excluding hydrogens is 260 g/mol.